The summed E-state index contributed by atoms with van der Waals surface area (Å²) in [4.78, 5) is 13.9. The van der Waals surface area contributed by atoms with E-state index >= 15 is 0 Å². The van der Waals surface area contributed by atoms with Gasteiger partial charge in [-0.1, -0.05) is 19.8 Å². The van der Waals surface area contributed by atoms with Crippen LogP contribution >= 0.6 is 0 Å². The first-order valence-corrected chi connectivity index (χ1v) is 6.95. The number of hydrogen-bond acceptors (Lipinski definition) is 4. The standard InChI is InChI=1S/C13H26N2O3/c1-2-3-4-12(14)13(17)15-7-5-11(6-8-15)18-10-9-16/h11-12,16H,2-10,14H2,1H3/t12-/m0/s1. The van der Waals surface area contributed by atoms with Gasteiger partial charge in [-0.2, -0.15) is 0 Å². The highest BCUT2D eigenvalue weighted by molar-refractivity contribution is 5.81. The maximum atomic E-state index is 12.0. The van der Waals surface area contributed by atoms with E-state index in [1.807, 2.05) is 4.90 Å². The minimum Gasteiger partial charge on any atom is -0.394 e. The van der Waals surface area contributed by atoms with Gasteiger partial charge in [0.05, 0.1) is 25.4 Å². The summed E-state index contributed by atoms with van der Waals surface area (Å²) < 4.78 is 5.47. The van der Waals surface area contributed by atoms with E-state index in [1.54, 1.807) is 0 Å². The van der Waals surface area contributed by atoms with Crippen LogP contribution in [-0.4, -0.2) is 54.4 Å². The molecule has 3 N–H and O–H groups in total. The van der Waals surface area contributed by atoms with E-state index in [1.165, 1.54) is 0 Å². The van der Waals surface area contributed by atoms with Gasteiger partial charge < -0.3 is 20.5 Å². The molecule has 1 saturated heterocycles. The molecule has 0 aliphatic carbocycles. The number of amides is 1. The number of aliphatic hydroxyl groups excluding tert-OH is 1. The van der Waals surface area contributed by atoms with Crippen LogP contribution in [0.4, 0.5) is 0 Å². The molecule has 0 aromatic heterocycles. The highest BCUT2D eigenvalue weighted by Gasteiger charge is 2.26. The summed E-state index contributed by atoms with van der Waals surface area (Å²) in [5, 5.41) is 8.69. The molecular weight excluding hydrogens is 232 g/mol. The third-order valence-electron chi connectivity index (χ3n) is 3.38. The Kier molecular flexibility index (Phi) is 7.23. The predicted octanol–water partition coefficient (Wildman–Crippen LogP) is 0.504. The summed E-state index contributed by atoms with van der Waals surface area (Å²) in [5.41, 5.74) is 5.89. The van der Waals surface area contributed by atoms with Gasteiger partial charge in [0.1, 0.15) is 0 Å². The molecule has 0 saturated carbocycles. The first-order chi connectivity index (χ1) is 8.69. The smallest absolute Gasteiger partial charge is 0.239 e. The molecular formula is C13H26N2O3. The molecule has 18 heavy (non-hydrogen) atoms. The monoisotopic (exact) mass is 258 g/mol. The minimum atomic E-state index is -0.347. The third-order valence-corrected chi connectivity index (χ3v) is 3.38. The second-order valence-electron chi connectivity index (χ2n) is 4.87. The van der Waals surface area contributed by atoms with Gasteiger partial charge in [-0.25, -0.2) is 0 Å². The summed E-state index contributed by atoms with van der Waals surface area (Å²) in [6.07, 6.45) is 4.70. The van der Waals surface area contributed by atoms with Gasteiger partial charge in [0.2, 0.25) is 5.91 Å². The van der Waals surface area contributed by atoms with Crippen molar-refractivity contribution < 1.29 is 14.6 Å². The third kappa shape index (κ3) is 4.92. The summed E-state index contributed by atoms with van der Waals surface area (Å²) in [7, 11) is 0. The fraction of sp³-hybridized carbons (Fsp3) is 0.923. The topological polar surface area (TPSA) is 75.8 Å². The summed E-state index contributed by atoms with van der Waals surface area (Å²) in [6, 6.07) is -0.347. The molecule has 0 bridgehead atoms. The quantitative estimate of drug-likeness (QED) is 0.697. The summed E-state index contributed by atoms with van der Waals surface area (Å²) >= 11 is 0. The second kappa shape index (κ2) is 8.45. The highest BCUT2D eigenvalue weighted by Crippen LogP contribution is 2.15. The average Bonchev–Trinajstić information content (AvgIpc) is 2.42. The number of piperidine rings is 1. The first kappa shape index (κ1) is 15.4. The zero-order valence-electron chi connectivity index (χ0n) is 11.3. The van der Waals surface area contributed by atoms with Gasteiger partial charge in [-0.15, -0.1) is 0 Å². The Labute approximate surface area is 109 Å². The highest BCUT2D eigenvalue weighted by atomic mass is 16.5. The van der Waals surface area contributed by atoms with Crippen molar-refractivity contribution in [1.82, 2.24) is 4.90 Å². The fourth-order valence-corrected chi connectivity index (χ4v) is 2.24. The molecule has 1 amide bonds. The zero-order valence-corrected chi connectivity index (χ0v) is 11.3. The van der Waals surface area contributed by atoms with Gasteiger partial charge >= 0.3 is 0 Å². The van der Waals surface area contributed by atoms with Crippen molar-refractivity contribution in [3.8, 4) is 0 Å². The SMILES string of the molecule is CCCC[C@H](N)C(=O)N1CCC(OCCO)CC1. The Balaban J connectivity index is 2.26. The van der Waals surface area contributed by atoms with Crippen LogP contribution in [0.15, 0.2) is 0 Å². The molecule has 5 nitrogen and oxygen atoms in total. The Hall–Kier alpha value is -0.650. The number of rotatable bonds is 7. The van der Waals surface area contributed by atoms with E-state index in [9.17, 15) is 4.79 Å². The van der Waals surface area contributed by atoms with Crippen molar-refractivity contribution in [3.63, 3.8) is 0 Å². The molecule has 0 aromatic carbocycles. The van der Waals surface area contributed by atoms with Crippen LogP contribution in [-0.2, 0) is 9.53 Å². The molecule has 1 atom stereocenters. The molecule has 1 aliphatic heterocycles. The first-order valence-electron chi connectivity index (χ1n) is 6.95. The number of carbonyl (C=O) groups excluding carboxylic acids is 1. The second-order valence-corrected chi connectivity index (χ2v) is 4.87. The van der Waals surface area contributed by atoms with Crippen molar-refractivity contribution in [2.24, 2.45) is 5.73 Å². The summed E-state index contributed by atoms with van der Waals surface area (Å²) in [6.45, 7) is 3.97. The number of nitrogens with two attached hydrogens (primary N) is 1. The molecule has 106 valence electrons. The predicted molar refractivity (Wildman–Crippen MR) is 70.1 cm³/mol. The number of carbonyl (C=O) groups is 1. The molecule has 1 aliphatic rings. The molecule has 0 aromatic rings. The number of likely N-dealkylation sites (tertiary alicyclic amines) is 1. The molecule has 1 heterocycles. The maximum absolute atomic E-state index is 12.0. The van der Waals surface area contributed by atoms with Crippen molar-refractivity contribution in [3.05, 3.63) is 0 Å². The number of nitrogens with zero attached hydrogens (tertiary/aromatic N) is 1. The van der Waals surface area contributed by atoms with Crippen LogP contribution in [0, 0.1) is 0 Å². The van der Waals surface area contributed by atoms with Crippen molar-refractivity contribution >= 4 is 5.91 Å². The number of hydrogen-bond donors (Lipinski definition) is 2. The van der Waals surface area contributed by atoms with E-state index in [0.29, 0.717) is 6.61 Å². The number of aliphatic hydroxyl groups is 1. The molecule has 1 fully saturated rings. The molecule has 0 radical (unpaired) electrons. The van der Waals surface area contributed by atoms with Gasteiger partial charge in [0, 0.05) is 13.1 Å². The normalized spacial score (nSPS) is 18.9. The lowest BCUT2D eigenvalue weighted by atomic mass is 10.0. The molecule has 1 rings (SSSR count). The Bertz CT molecular complexity index is 240. The van der Waals surface area contributed by atoms with Crippen LogP contribution in [0.25, 0.3) is 0 Å². The zero-order chi connectivity index (χ0) is 13.4. The minimum absolute atomic E-state index is 0.0566. The van der Waals surface area contributed by atoms with E-state index in [2.05, 4.69) is 6.92 Å². The van der Waals surface area contributed by atoms with E-state index in [-0.39, 0.29) is 24.7 Å². The lowest BCUT2D eigenvalue weighted by Crippen LogP contribution is -2.48. The van der Waals surface area contributed by atoms with Crippen molar-refractivity contribution in [2.45, 2.75) is 51.2 Å². The van der Waals surface area contributed by atoms with Crippen molar-refractivity contribution in [1.29, 1.82) is 0 Å². The van der Waals surface area contributed by atoms with Crippen LogP contribution in [0.3, 0.4) is 0 Å². The maximum Gasteiger partial charge on any atom is 0.239 e. The van der Waals surface area contributed by atoms with E-state index < -0.39 is 0 Å². The van der Waals surface area contributed by atoms with Gasteiger partial charge in [-0.05, 0) is 19.3 Å². The lowest BCUT2D eigenvalue weighted by molar-refractivity contribution is -0.135. The average molecular weight is 258 g/mol. The van der Waals surface area contributed by atoms with Crippen LogP contribution in [0.5, 0.6) is 0 Å². The van der Waals surface area contributed by atoms with Gasteiger partial charge in [0.15, 0.2) is 0 Å². The summed E-state index contributed by atoms with van der Waals surface area (Å²) in [5.74, 6) is 0.0732. The van der Waals surface area contributed by atoms with E-state index in [4.69, 9.17) is 15.6 Å². The van der Waals surface area contributed by atoms with Gasteiger partial charge in [0.25, 0.3) is 0 Å². The molecule has 5 heteroatoms. The van der Waals surface area contributed by atoms with Crippen LogP contribution in [0.1, 0.15) is 39.0 Å². The van der Waals surface area contributed by atoms with Crippen LogP contribution in [0.2, 0.25) is 0 Å². The van der Waals surface area contributed by atoms with Crippen LogP contribution < -0.4 is 5.73 Å². The number of unbranched alkanes of at least 4 members (excludes halogenated alkanes) is 1. The fourth-order valence-electron chi connectivity index (χ4n) is 2.24. The Morgan fingerprint density at radius 3 is 2.72 bits per heavy atom. The number of ether oxygens (including phenoxy) is 1. The Morgan fingerprint density at radius 2 is 2.17 bits per heavy atom. The molecule has 0 spiro atoms. The van der Waals surface area contributed by atoms with E-state index in [0.717, 1.165) is 45.2 Å². The van der Waals surface area contributed by atoms with Crippen molar-refractivity contribution in [2.75, 3.05) is 26.3 Å². The van der Waals surface area contributed by atoms with Gasteiger partial charge in [-0.3, -0.25) is 4.79 Å². The Morgan fingerprint density at radius 1 is 1.50 bits per heavy atom. The largest absolute Gasteiger partial charge is 0.394 e. The lowest BCUT2D eigenvalue weighted by Gasteiger charge is -2.33. The molecule has 0 unspecified atom stereocenters.